The Hall–Kier alpha value is -2.74. The first-order chi connectivity index (χ1) is 16.9. The summed E-state index contributed by atoms with van der Waals surface area (Å²) in [5.74, 6) is 0.503. The maximum absolute atomic E-state index is 4.69. The second-order valence-electron chi connectivity index (χ2n) is 13.0. The molecule has 0 aliphatic carbocycles. The van der Waals surface area contributed by atoms with Crippen LogP contribution in [0.2, 0.25) is 0 Å². The van der Waals surface area contributed by atoms with Crippen molar-refractivity contribution in [3.8, 4) is 11.3 Å². The third-order valence-corrected chi connectivity index (χ3v) is 8.94. The molecular formula is C34H46N2+2. The van der Waals surface area contributed by atoms with Gasteiger partial charge in [-0.15, -0.1) is 0 Å². The number of pyridine rings is 2. The minimum absolute atomic E-state index is 0.0524. The van der Waals surface area contributed by atoms with Gasteiger partial charge in [0.25, 0.3) is 0 Å². The van der Waals surface area contributed by atoms with Crippen molar-refractivity contribution >= 4 is 5.70 Å². The number of hydrogen-bond acceptors (Lipinski definition) is 0. The fourth-order valence-electron chi connectivity index (χ4n) is 6.50. The lowest BCUT2D eigenvalue weighted by molar-refractivity contribution is -0.785. The summed E-state index contributed by atoms with van der Waals surface area (Å²) in [7, 11) is 0. The molecule has 4 rings (SSSR count). The first-order valence-electron chi connectivity index (χ1n) is 13.6. The Morgan fingerprint density at radius 3 is 2.33 bits per heavy atom. The average molecular weight is 483 g/mol. The predicted molar refractivity (Wildman–Crippen MR) is 151 cm³/mol. The number of aryl methyl sites for hydroxylation is 2. The molecule has 0 radical (unpaired) electrons. The molecule has 0 N–H and O–H groups in total. The molecule has 3 aromatic rings. The van der Waals surface area contributed by atoms with E-state index in [1.807, 2.05) is 0 Å². The van der Waals surface area contributed by atoms with Gasteiger partial charge in [0.05, 0.1) is 6.42 Å². The lowest BCUT2D eigenvalue weighted by Gasteiger charge is -2.45. The van der Waals surface area contributed by atoms with E-state index in [1.54, 1.807) is 0 Å². The molecule has 1 aliphatic heterocycles. The molecule has 190 valence electrons. The molecule has 0 saturated carbocycles. The predicted octanol–water partition coefficient (Wildman–Crippen LogP) is 7.71. The number of fused-ring (bicyclic) bond motifs is 3. The van der Waals surface area contributed by atoms with E-state index in [2.05, 4.69) is 132 Å². The molecule has 0 spiro atoms. The van der Waals surface area contributed by atoms with Crippen LogP contribution in [-0.2, 0) is 18.4 Å². The third kappa shape index (κ3) is 4.80. The van der Waals surface area contributed by atoms with Crippen molar-refractivity contribution in [2.75, 3.05) is 0 Å². The van der Waals surface area contributed by atoms with Crippen molar-refractivity contribution in [1.29, 1.82) is 0 Å². The topological polar surface area (TPSA) is 7.76 Å². The Morgan fingerprint density at radius 2 is 1.67 bits per heavy atom. The highest BCUT2D eigenvalue weighted by Gasteiger charge is 2.56. The number of rotatable bonds is 3. The number of nitrogens with zero attached hydrogens (tertiary/aromatic N) is 2. The summed E-state index contributed by atoms with van der Waals surface area (Å²) in [6, 6.07) is 20.2. The molecule has 2 nitrogen and oxygen atoms in total. The summed E-state index contributed by atoms with van der Waals surface area (Å²) in [6.07, 6.45) is 8.70. The van der Waals surface area contributed by atoms with Crippen molar-refractivity contribution in [3.05, 3.63) is 90.4 Å². The van der Waals surface area contributed by atoms with Gasteiger partial charge in [0.15, 0.2) is 29.3 Å². The van der Waals surface area contributed by atoms with Gasteiger partial charge in [-0.3, -0.25) is 0 Å². The van der Waals surface area contributed by atoms with Crippen molar-refractivity contribution in [2.24, 2.45) is 16.7 Å². The minimum atomic E-state index is -0.144. The number of allylic oxidation sites excluding steroid dienone is 1. The van der Waals surface area contributed by atoms with Crippen LogP contribution in [0.25, 0.3) is 17.0 Å². The van der Waals surface area contributed by atoms with Gasteiger partial charge in [-0.25, -0.2) is 0 Å². The van der Waals surface area contributed by atoms with Gasteiger partial charge in [-0.2, -0.15) is 9.13 Å². The highest BCUT2D eigenvalue weighted by Crippen LogP contribution is 2.48. The van der Waals surface area contributed by atoms with E-state index >= 15 is 0 Å². The largest absolute Gasteiger partial charge is 0.218 e. The van der Waals surface area contributed by atoms with E-state index in [0.29, 0.717) is 5.92 Å². The fraction of sp³-hybridized carbons (Fsp3) is 0.471. The summed E-state index contributed by atoms with van der Waals surface area (Å²) < 4.78 is 4.90. The van der Waals surface area contributed by atoms with E-state index in [-0.39, 0.29) is 16.4 Å². The maximum atomic E-state index is 4.69. The molecule has 0 amide bonds. The monoisotopic (exact) mass is 482 g/mol. The smallest absolute Gasteiger partial charge is 0.197 e. The van der Waals surface area contributed by atoms with Crippen LogP contribution in [0.5, 0.6) is 0 Å². The van der Waals surface area contributed by atoms with Gasteiger partial charge in [-0.1, -0.05) is 59.7 Å². The van der Waals surface area contributed by atoms with Crippen LogP contribution in [0.3, 0.4) is 0 Å². The Labute approximate surface area is 219 Å². The molecule has 2 atom stereocenters. The molecule has 0 fully saturated rings. The second-order valence-corrected chi connectivity index (χ2v) is 13.0. The fourth-order valence-corrected chi connectivity index (χ4v) is 6.50. The van der Waals surface area contributed by atoms with Crippen molar-refractivity contribution < 1.29 is 9.13 Å². The zero-order valence-electron chi connectivity index (χ0n) is 23.9. The first kappa shape index (κ1) is 26.3. The van der Waals surface area contributed by atoms with E-state index in [0.717, 1.165) is 31.4 Å². The highest BCUT2D eigenvalue weighted by atomic mass is 15.1. The number of aromatic nitrogens is 2. The van der Waals surface area contributed by atoms with Gasteiger partial charge >= 0.3 is 0 Å². The molecule has 1 aromatic carbocycles. The minimum Gasteiger partial charge on any atom is -0.197 e. The summed E-state index contributed by atoms with van der Waals surface area (Å²) in [5, 5.41) is 0. The zero-order valence-corrected chi connectivity index (χ0v) is 23.9. The molecule has 2 unspecified atom stereocenters. The van der Waals surface area contributed by atoms with Gasteiger partial charge in [0.1, 0.15) is 0 Å². The lowest BCUT2D eigenvalue weighted by atomic mass is 9.60. The van der Waals surface area contributed by atoms with E-state index in [4.69, 9.17) is 6.58 Å². The SMILES string of the molecule is C=C1CC(C)([n+]2ccc(CC(C)(C)C)cc2C)C(C)(C(C)C)CCc2ccccc2-c2cccc[n+]21. The van der Waals surface area contributed by atoms with Crippen LogP contribution < -0.4 is 9.13 Å². The van der Waals surface area contributed by atoms with Crippen LogP contribution >= 0.6 is 0 Å². The lowest BCUT2D eigenvalue weighted by Crippen LogP contribution is -2.66. The Bertz CT molecular complexity index is 1260. The van der Waals surface area contributed by atoms with Crippen LogP contribution in [-0.4, -0.2) is 0 Å². The molecule has 2 heteroatoms. The van der Waals surface area contributed by atoms with Gasteiger partial charge in [-0.05, 0) is 60.4 Å². The van der Waals surface area contributed by atoms with E-state index in [9.17, 15) is 0 Å². The van der Waals surface area contributed by atoms with Gasteiger partial charge in [0, 0.05) is 49.1 Å². The average Bonchev–Trinajstić information content (AvgIpc) is 2.81. The maximum Gasteiger partial charge on any atom is 0.218 e. The van der Waals surface area contributed by atoms with Crippen molar-refractivity contribution in [3.63, 3.8) is 0 Å². The Morgan fingerprint density at radius 1 is 0.972 bits per heavy atom. The normalized spacial score (nSPS) is 22.8. The van der Waals surface area contributed by atoms with Crippen molar-refractivity contribution in [2.45, 2.75) is 86.6 Å². The summed E-state index contributed by atoms with van der Waals surface area (Å²) in [4.78, 5) is 0. The first-order valence-corrected chi connectivity index (χ1v) is 13.6. The van der Waals surface area contributed by atoms with Gasteiger partial charge < -0.3 is 0 Å². The zero-order chi connectivity index (χ0) is 26.3. The number of benzene rings is 1. The van der Waals surface area contributed by atoms with Crippen LogP contribution in [0.15, 0.2) is 73.6 Å². The summed E-state index contributed by atoms with van der Waals surface area (Å²) in [5.41, 5.74) is 8.04. The molecular weight excluding hydrogens is 436 g/mol. The van der Waals surface area contributed by atoms with Crippen LogP contribution in [0.1, 0.15) is 78.1 Å². The highest BCUT2D eigenvalue weighted by molar-refractivity contribution is 5.62. The quantitative estimate of drug-likeness (QED) is 0.338. The molecule has 1 aliphatic rings. The van der Waals surface area contributed by atoms with Crippen LogP contribution in [0.4, 0.5) is 0 Å². The second kappa shape index (κ2) is 9.61. The summed E-state index contributed by atoms with van der Waals surface area (Å²) >= 11 is 0. The summed E-state index contributed by atoms with van der Waals surface area (Å²) in [6.45, 7) is 23.7. The molecule has 2 aromatic heterocycles. The molecule has 0 saturated heterocycles. The molecule has 0 bridgehead atoms. The standard InChI is InChI=1S/C34H46N2/c1-25(2)33(8)19-17-29-14-10-11-15-30(29)31-16-12-13-20-35(31)27(4)23-34(33,9)36-21-18-28(22-26(36)3)24-32(5,6)7/h10-16,18,20-22,25H,4,17,19,23-24H2,1-3,5-9H3/q+2. The van der Waals surface area contributed by atoms with Crippen LogP contribution in [0, 0.1) is 23.7 Å². The third-order valence-electron chi connectivity index (χ3n) is 8.94. The molecule has 36 heavy (non-hydrogen) atoms. The van der Waals surface area contributed by atoms with E-state index in [1.165, 1.54) is 28.1 Å². The molecule has 3 heterocycles. The van der Waals surface area contributed by atoms with E-state index < -0.39 is 0 Å². The Kier molecular flexibility index (Phi) is 7.03. The Balaban J connectivity index is 1.91. The van der Waals surface area contributed by atoms with Gasteiger partial charge in [0.2, 0.25) is 5.69 Å². The van der Waals surface area contributed by atoms with Crippen molar-refractivity contribution in [1.82, 2.24) is 0 Å². The number of hydrogen-bond donors (Lipinski definition) is 0.